The minimum atomic E-state index is -0.117. The standard InChI is InChI=1S/C15H11ClN2O/c1-10-8-11-4-2-6-13(16)14(11)15(19)18(10)12-5-3-7-17-9-12/h2-9H,1H3. The van der Waals surface area contributed by atoms with Gasteiger partial charge >= 0.3 is 0 Å². The Morgan fingerprint density at radius 3 is 2.79 bits per heavy atom. The molecule has 0 fully saturated rings. The van der Waals surface area contributed by atoms with Crippen molar-refractivity contribution >= 4 is 22.4 Å². The normalized spacial score (nSPS) is 10.8. The third-order valence-electron chi connectivity index (χ3n) is 3.08. The van der Waals surface area contributed by atoms with E-state index >= 15 is 0 Å². The molecule has 94 valence electrons. The average molecular weight is 271 g/mol. The number of fused-ring (bicyclic) bond motifs is 1. The summed E-state index contributed by atoms with van der Waals surface area (Å²) in [4.78, 5) is 16.7. The molecule has 0 atom stereocenters. The summed E-state index contributed by atoms with van der Waals surface area (Å²) < 4.78 is 1.63. The monoisotopic (exact) mass is 270 g/mol. The first-order valence-electron chi connectivity index (χ1n) is 5.90. The van der Waals surface area contributed by atoms with Crippen LogP contribution in [0.1, 0.15) is 5.69 Å². The summed E-state index contributed by atoms with van der Waals surface area (Å²) >= 11 is 6.15. The fraction of sp³-hybridized carbons (Fsp3) is 0.0667. The molecule has 0 unspecified atom stereocenters. The number of rotatable bonds is 1. The molecule has 3 rings (SSSR count). The largest absolute Gasteiger partial charge is 0.279 e. The predicted octanol–water partition coefficient (Wildman–Crippen LogP) is 3.35. The molecule has 0 saturated carbocycles. The molecule has 0 amide bonds. The lowest BCUT2D eigenvalue weighted by Gasteiger charge is -2.11. The van der Waals surface area contributed by atoms with Crippen molar-refractivity contribution < 1.29 is 0 Å². The molecule has 19 heavy (non-hydrogen) atoms. The average Bonchev–Trinajstić information content (AvgIpc) is 2.39. The second-order valence-electron chi connectivity index (χ2n) is 4.34. The van der Waals surface area contributed by atoms with Crippen LogP contribution in [0.3, 0.4) is 0 Å². The molecular weight excluding hydrogens is 260 g/mol. The van der Waals surface area contributed by atoms with Crippen molar-refractivity contribution in [1.82, 2.24) is 9.55 Å². The maximum Gasteiger partial charge on any atom is 0.264 e. The third-order valence-corrected chi connectivity index (χ3v) is 3.40. The van der Waals surface area contributed by atoms with Crippen LogP contribution in [0.5, 0.6) is 0 Å². The van der Waals surface area contributed by atoms with E-state index in [1.54, 1.807) is 29.1 Å². The topological polar surface area (TPSA) is 34.9 Å². The van der Waals surface area contributed by atoms with Crippen LogP contribution in [0.2, 0.25) is 5.02 Å². The summed E-state index contributed by atoms with van der Waals surface area (Å²) in [6.07, 6.45) is 3.34. The second-order valence-corrected chi connectivity index (χ2v) is 4.75. The van der Waals surface area contributed by atoms with Gasteiger partial charge in [-0.1, -0.05) is 23.7 Å². The Labute approximate surface area is 115 Å². The van der Waals surface area contributed by atoms with Gasteiger partial charge in [-0.25, -0.2) is 0 Å². The smallest absolute Gasteiger partial charge is 0.264 e. The minimum absolute atomic E-state index is 0.117. The van der Waals surface area contributed by atoms with Gasteiger partial charge < -0.3 is 0 Å². The summed E-state index contributed by atoms with van der Waals surface area (Å²) in [6, 6.07) is 11.1. The molecule has 0 aliphatic heterocycles. The zero-order valence-corrected chi connectivity index (χ0v) is 11.1. The number of benzene rings is 1. The van der Waals surface area contributed by atoms with Gasteiger partial charge in [0.25, 0.3) is 5.56 Å². The first-order valence-corrected chi connectivity index (χ1v) is 6.27. The Balaban J connectivity index is 2.45. The highest BCUT2D eigenvalue weighted by Crippen LogP contribution is 2.21. The molecule has 3 aromatic rings. The van der Waals surface area contributed by atoms with E-state index in [9.17, 15) is 4.79 Å². The van der Waals surface area contributed by atoms with Gasteiger partial charge in [0.1, 0.15) is 0 Å². The van der Waals surface area contributed by atoms with Gasteiger partial charge in [0.05, 0.1) is 22.3 Å². The van der Waals surface area contributed by atoms with Crippen molar-refractivity contribution in [3.05, 3.63) is 69.9 Å². The lowest BCUT2D eigenvalue weighted by molar-refractivity contribution is 0.941. The van der Waals surface area contributed by atoms with Crippen LogP contribution < -0.4 is 5.56 Å². The van der Waals surface area contributed by atoms with Crippen LogP contribution in [-0.2, 0) is 0 Å². The van der Waals surface area contributed by atoms with E-state index in [4.69, 9.17) is 11.6 Å². The molecule has 3 nitrogen and oxygen atoms in total. The molecule has 0 saturated heterocycles. The van der Waals surface area contributed by atoms with Gasteiger partial charge in [0.15, 0.2) is 0 Å². The van der Waals surface area contributed by atoms with E-state index in [1.807, 2.05) is 31.2 Å². The number of hydrogen-bond donors (Lipinski definition) is 0. The predicted molar refractivity (Wildman–Crippen MR) is 77.1 cm³/mol. The summed E-state index contributed by atoms with van der Waals surface area (Å²) in [5, 5.41) is 1.87. The van der Waals surface area contributed by atoms with E-state index < -0.39 is 0 Å². The quantitative estimate of drug-likeness (QED) is 0.680. The van der Waals surface area contributed by atoms with Crippen LogP contribution in [0.4, 0.5) is 0 Å². The second kappa shape index (κ2) is 4.52. The van der Waals surface area contributed by atoms with Crippen molar-refractivity contribution in [3.8, 4) is 5.69 Å². The van der Waals surface area contributed by atoms with Crippen molar-refractivity contribution in [2.75, 3.05) is 0 Å². The van der Waals surface area contributed by atoms with Gasteiger partial charge in [0, 0.05) is 11.9 Å². The van der Waals surface area contributed by atoms with Crippen LogP contribution in [0.25, 0.3) is 16.5 Å². The van der Waals surface area contributed by atoms with Gasteiger partial charge in [0.2, 0.25) is 0 Å². The fourth-order valence-corrected chi connectivity index (χ4v) is 2.52. The minimum Gasteiger partial charge on any atom is -0.279 e. The molecule has 2 aromatic heterocycles. The summed E-state index contributed by atoms with van der Waals surface area (Å²) in [6.45, 7) is 1.90. The zero-order chi connectivity index (χ0) is 13.4. The molecule has 0 aliphatic rings. The maximum atomic E-state index is 12.6. The molecule has 0 spiro atoms. The van der Waals surface area contributed by atoms with Crippen LogP contribution >= 0.6 is 11.6 Å². The number of aromatic nitrogens is 2. The van der Waals surface area contributed by atoms with Crippen LogP contribution in [0.15, 0.2) is 53.6 Å². The first-order chi connectivity index (χ1) is 9.18. The van der Waals surface area contributed by atoms with Crippen LogP contribution in [-0.4, -0.2) is 9.55 Å². The van der Waals surface area contributed by atoms with E-state index in [-0.39, 0.29) is 5.56 Å². The van der Waals surface area contributed by atoms with E-state index in [1.165, 1.54) is 0 Å². The summed E-state index contributed by atoms with van der Waals surface area (Å²) in [5.41, 5.74) is 1.48. The molecule has 0 bridgehead atoms. The highest BCUT2D eigenvalue weighted by molar-refractivity contribution is 6.35. The summed E-state index contributed by atoms with van der Waals surface area (Å²) in [7, 11) is 0. The van der Waals surface area contributed by atoms with Gasteiger partial charge in [-0.05, 0) is 36.6 Å². The Bertz CT molecular complexity index is 809. The molecule has 2 heterocycles. The Morgan fingerprint density at radius 1 is 1.21 bits per heavy atom. The molecular formula is C15H11ClN2O. The number of halogens is 1. The molecule has 4 heteroatoms. The van der Waals surface area contributed by atoms with Crippen molar-refractivity contribution in [1.29, 1.82) is 0 Å². The zero-order valence-electron chi connectivity index (χ0n) is 10.3. The molecule has 0 radical (unpaired) electrons. The summed E-state index contributed by atoms with van der Waals surface area (Å²) in [5.74, 6) is 0. The van der Waals surface area contributed by atoms with Gasteiger partial charge in [-0.3, -0.25) is 14.3 Å². The SMILES string of the molecule is Cc1cc2cccc(Cl)c2c(=O)n1-c1cccnc1. The van der Waals surface area contributed by atoms with E-state index in [0.717, 1.165) is 16.8 Å². The Kier molecular flexibility index (Phi) is 2.84. The fourth-order valence-electron chi connectivity index (χ4n) is 2.26. The molecule has 0 aliphatic carbocycles. The van der Waals surface area contributed by atoms with E-state index in [2.05, 4.69) is 4.98 Å². The van der Waals surface area contributed by atoms with Crippen molar-refractivity contribution in [3.63, 3.8) is 0 Å². The number of hydrogen-bond acceptors (Lipinski definition) is 2. The Morgan fingerprint density at radius 2 is 2.05 bits per heavy atom. The lowest BCUT2D eigenvalue weighted by atomic mass is 10.1. The molecule has 1 aromatic carbocycles. The third kappa shape index (κ3) is 1.92. The van der Waals surface area contributed by atoms with Gasteiger partial charge in [-0.2, -0.15) is 0 Å². The van der Waals surface area contributed by atoms with Crippen molar-refractivity contribution in [2.24, 2.45) is 0 Å². The number of pyridine rings is 2. The van der Waals surface area contributed by atoms with Crippen LogP contribution in [0, 0.1) is 6.92 Å². The lowest BCUT2D eigenvalue weighted by Crippen LogP contribution is -2.21. The van der Waals surface area contributed by atoms with Gasteiger partial charge in [-0.15, -0.1) is 0 Å². The maximum absolute atomic E-state index is 12.6. The first kappa shape index (κ1) is 11.9. The number of aryl methyl sites for hydroxylation is 1. The van der Waals surface area contributed by atoms with Crippen molar-refractivity contribution in [2.45, 2.75) is 6.92 Å². The highest BCUT2D eigenvalue weighted by atomic mass is 35.5. The molecule has 0 N–H and O–H groups in total. The highest BCUT2D eigenvalue weighted by Gasteiger charge is 2.10. The Hall–Kier alpha value is -2.13. The van der Waals surface area contributed by atoms with E-state index in [0.29, 0.717) is 10.4 Å². The number of nitrogens with zero attached hydrogens (tertiary/aromatic N) is 2.